The number of rotatable bonds is 3. The molecular formula is C12H13NO4. The number of hydrogen-bond donors (Lipinski definition) is 2. The van der Waals surface area contributed by atoms with Crippen LogP contribution in [0.25, 0.3) is 0 Å². The van der Waals surface area contributed by atoms with Crippen LogP contribution < -0.4 is 0 Å². The number of nitriles is 1. The fraction of sp³-hybridized carbons (Fsp3) is 0.417. The van der Waals surface area contributed by atoms with Gasteiger partial charge in [0.25, 0.3) is 0 Å². The molecule has 0 radical (unpaired) electrons. The van der Waals surface area contributed by atoms with Crippen molar-refractivity contribution >= 4 is 0 Å². The van der Waals surface area contributed by atoms with Crippen LogP contribution in [0.15, 0.2) is 24.3 Å². The molecule has 2 atom stereocenters. The van der Waals surface area contributed by atoms with Gasteiger partial charge in [0.1, 0.15) is 6.10 Å². The summed E-state index contributed by atoms with van der Waals surface area (Å²) < 4.78 is 10.6. The predicted molar refractivity (Wildman–Crippen MR) is 57.7 cm³/mol. The highest BCUT2D eigenvalue weighted by molar-refractivity contribution is 5.26. The fourth-order valence-corrected chi connectivity index (χ4v) is 1.65. The molecule has 1 aromatic rings. The Morgan fingerprint density at radius 3 is 2.29 bits per heavy atom. The molecule has 0 saturated carbocycles. The Morgan fingerprint density at radius 1 is 1.18 bits per heavy atom. The third-order valence-corrected chi connectivity index (χ3v) is 2.60. The normalized spacial score (nSPS) is 19.8. The first-order valence-corrected chi connectivity index (χ1v) is 5.31. The monoisotopic (exact) mass is 235 g/mol. The minimum atomic E-state index is -1.42. The first-order valence-electron chi connectivity index (χ1n) is 5.31. The maximum Gasteiger partial charge on any atom is 0.184 e. The number of ether oxygens (including phenoxy) is 2. The molecule has 90 valence electrons. The summed E-state index contributed by atoms with van der Waals surface area (Å²) in [7, 11) is 0. The van der Waals surface area contributed by atoms with Crippen molar-refractivity contribution in [2.45, 2.75) is 18.5 Å². The summed E-state index contributed by atoms with van der Waals surface area (Å²) in [6, 6.07) is 8.38. The lowest BCUT2D eigenvalue weighted by molar-refractivity contribution is -0.0441. The molecule has 2 N–H and O–H groups in total. The van der Waals surface area contributed by atoms with E-state index in [9.17, 15) is 10.2 Å². The van der Waals surface area contributed by atoms with Gasteiger partial charge in [-0.3, -0.25) is 0 Å². The zero-order valence-electron chi connectivity index (χ0n) is 9.11. The predicted octanol–water partition coefficient (Wildman–Crippen LogP) is 0.650. The molecule has 1 aliphatic rings. The Bertz CT molecular complexity index is 406. The third-order valence-electron chi connectivity index (χ3n) is 2.60. The quantitative estimate of drug-likeness (QED) is 0.751. The Kier molecular flexibility index (Phi) is 3.71. The summed E-state index contributed by atoms with van der Waals surface area (Å²) in [5.41, 5.74) is 1.34. The number of nitrogens with zero attached hydrogens (tertiary/aromatic N) is 1. The fourth-order valence-electron chi connectivity index (χ4n) is 1.65. The van der Waals surface area contributed by atoms with Crippen LogP contribution in [0.3, 0.4) is 0 Å². The highest BCUT2D eigenvalue weighted by Crippen LogP contribution is 2.25. The zero-order chi connectivity index (χ0) is 12.3. The molecule has 5 heteroatoms. The van der Waals surface area contributed by atoms with Crippen LogP contribution in [0, 0.1) is 11.3 Å². The van der Waals surface area contributed by atoms with Gasteiger partial charge in [-0.25, -0.2) is 0 Å². The molecule has 1 heterocycles. The molecule has 0 bridgehead atoms. The smallest absolute Gasteiger partial charge is 0.184 e. The standard InChI is InChI=1S/C12H13NO4/c13-7-10(14)11(15)8-1-3-9(4-2-8)12-16-5-6-17-12/h1-4,10-12,14-15H,5-6H2. The van der Waals surface area contributed by atoms with Gasteiger partial charge in [0.05, 0.1) is 19.3 Å². The summed E-state index contributed by atoms with van der Waals surface area (Å²) in [6.45, 7) is 1.14. The second-order valence-corrected chi connectivity index (χ2v) is 3.76. The second kappa shape index (κ2) is 5.25. The summed E-state index contributed by atoms with van der Waals surface area (Å²) >= 11 is 0. The molecule has 2 unspecified atom stereocenters. The van der Waals surface area contributed by atoms with Crippen molar-refractivity contribution in [2.24, 2.45) is 0 Å². The van der Waals surface area contributed by atoms with E-state index in [0.29, 0.717) is 18.8 Å². The topological polar surface area (TPSA) is 82.7 Å². The van der Waals surface area contributed by atoms with Gasteiger partial charge in [0.15, 0.2) is 12.4 Å². The van der Waals surface area contributed by atoms with Crippen LogP contribution in [0.1, 0.15) is 23.5 Å². The summed E-state index contributed by atoms with van der Waals surface area (Å²) in [5, 5.41) is 27.3. The lowest BCUT2D eigenvalue weighted by atomic mass is 10.0. The lowest BCUT2D eigenvalue weighted by Crippen LogP contribution is -2.15. The van der Waals surface area contributed by atoms with Crippen LogP contribution in [-0.2, 0) is 9.47 Å². The molecule has 1 aliphatic heterocycles. The van der Waals surface area contributed by atoms with Crippen molar-refractivity contribution in [3.05, 3.63) is 35.4 Å². The molecular weight excluding hydrogens is 222 g/mol. The summed E-state index contributed by atoms with van der Waals surface area (Å²) in [6.07, 6.45) is -2.97. The maximum atomic E-state index is 9.61. The van der Waals surface area contributed by atoms with E-state index in [2.05, 4.69) is 0 Å². The number of benzene rings is 1. The van der Waals surface area contributed by atoms with E-state index < -0.39 is 12.2 Å². The molecule has 2 rings (SSSR count). The van der Waals surface area contributed by atoms with E-state index in [1.807, 2.05) is 0 Å². The largest absolute Gasteiger partial charge is 0.385 e. The Morgan fingerprint density at radius 2 is 1.76 bits per heavy atom. The van der Waals surface area contributed by atoms with E-state index in [-0.39, 0.29) is 6.29 Å². The molecule has 17 heavy (non-hydrogen) atoms. The van der Waals surface area contributed by atoms with E-state index in [1.165, 1.54) is 0 Å². The van der Waals surface area contributed by atoms with Gasteiger partial charge in [0, 0.05) is 5.56 Å². The van der Waals surface area contributed by atoms with Crippen LogP contribution in [0.4, 0.5) is 0 Å². The molecule has 0 spiro atoms. The van der Waals surface area contributed by atoms with Crippen LogP contribution in [-0.4, -0.2) is 29.5 Å². The van der Waals surface area contributed by atoms with Gasteiger partial charge >= 0.3 is 0 Å². The van der Waals surface area contributed by atoms with E-state index in [4.69, 9.17) is 14.7 Å². The summed E-state index contributed by atoms with van der Waals surface area (Å²) in [4.78, 5) is 0. The van der Waals surface area contributed by atoms with Crippen molar-refractivity contribution in [3.8, 4) is 6.07 Å². The number of aliphatic hydroxyl groups excluding tert-OH is 2. The van der Waals surface area contributed by atoms with Crippen molar-refractivity contribution < 1.29 is 19.7 Å². The molecule has 0 aliphatic carbocycles. The highest BCUT2D eigenvalue weighted by atomic mass is 16.7. The average Bonchev–Trinajstić information content (AvgIpc) is 2.91. The van der Waals surface area contributed by atoms with Crippen LogP contribution in [0.5, 0.6) is 0 Å². The van der Waals surface area contributed by atoms with E-state index in [0.717, 1.165) is 5.56 Å². The van der Waals surface area contributed by atoms with Crippen molar-refractivity contribution in [1.29, 1.82) is 5.26 Å². The van der Waals surface area contributed by atoms with Gasteiger partial charge in [-0.1, -0.05) is 24.3 Å². The lowest BCUT2D eigenvalue weighted by Gasteiger charge is -2.14. The van der Waals surface area contributed by atoms with Crippen LogP contribution in [0.2, 0.25) is 0 Å². The van der Waals surface area contributed by atoms with E-state index in [1.54, 1.807) is 30.3 Å². The zero-order valence-corrected chi connectivity index (χ0v) is 9.11. The highest BCUT2D eigenvalue weighted by Gasteiger charge is 2.20. The molecule has 0 aromatic heterocycles. The molecule has 1 fully saturated rings. The van der Waals surface area contributed by atoms with Crippen molar-refractivity contribution in [2.75, 3.05) is 13.2 Å². The van der Waals surface area contributed by atoms with Gasteiger partial charge in [-0.05, 0) is 5.56 Å². The molecule has 1 saturated heterocycles. The third kappa shape index (κ3) is 2.62. The summed E-state index contributed by atoms with van der Waals surface area (Å²) in [5.74, 6) is 0. The first kappa shape index (κ1) is 12.0. The van der Waals surface area contributed by atoms with Gasteiger partial charge < -0.3 is 19.7 Å². The Hall–Kier alpha value is -1.45. The molecule has 5 nitrogen and oxygen atoms in total. The Balaban J connectivity index is 2.10. The van der Waals surface area contributed by atoms with E-state index >= 15 is 0 Å². The number of hydrogen-bond acceptors (Lipinski definition) is 5. The maximum absolute atomic E-state index is 9.61. The molecule has 0 amide bonds. The minimum Gasteiger partial charge on any atom is -0.385 e. The second-order valence-electron chi connectivity index (χ2n) is 3.76. The Labute approximate surface area is 98.8 Å². The number of aliphatic hydroxyl groups is 2. The van der Waals surface area contributed by atoms with Crippen molar-refractivity contribution in [1.82, 2.24) is 0 Å². The van der Waals surface area contributed by atoms with Crippen molar-refractivity contribution in [3.63, 3.8) is 0 Å². The minimum absolute atomic E-state index is 0.359. The van der Waals surface area contributed by atoms with Gasteiger partial charge in [-0.2, -0.15) is 5.26 Å². The average molecular weight is 235 g/mol. The first-order chi connectivity index (χ1) is 8.22. The van der Waals surface area contributed by atoms with Crippen LogP contribution >= 0.6 is 0 Å². The van der Waals surface area contributed by atoms with Gasteiger partial charge in [0.2, 0.25) is 0 Å². The SMILES string of the molecule is N#CC(O)C(O)c1ccc(C2OCCO2)cc1. The van der Waals surface area contributed by atoms with Gasteiger partial charge in [-0.15, -0.1) is 0 Å². The molecule has 1 aromatic carbocycles.